The van der Waals surface area contributed by atoms with Crippen LogP contribution in [0.25, 0.3) is 0 Å². The van der Waals surface area contributed by atoms with Crippen LogP contribution in [0.2, 0.25) is 0 Å². The van der Waals surface area contributed by atoms with Gasteiger partial charge in [0, 0.05) is 11.8 Å². The lowest BCUT2D eigenvalue weighted by atomic mass is 10.2. The maximum atomic E-state index is 13.5. The fourth-order valence-corrected chi connectivity index (χ4v) is 2.25. The largest absolute Gasteiger partial charge is 0.383 e. The van der Waals surface area contributed by atoms with Crippen molar-refractivity contribution in [2.75, 3.05) is 11.1 Å². The highest BCUT2D eigenvalue weighted by Crippen LogP contribution is 2.26. The number of nitrogens with one attached hydrogen (secondary N) is 1. The molecular weight excluding hydrogens is 367 g/mol. The van der Waals surface area contributed by atoms with Gasteiger partial charge < -0.3 is 11.1 Å². The van der Waals surface area contributed by atoms with E-state index in [1.165, 1.54) is 6.07 Å². The van der Waals surface area contributed by atoms with E-state index in [1.807, 2.05) is 6.92 Å². The number of nitrogens with zero attached hydrogens (tertiary/aromatic N) is 2. The van der Waals surface area contributed by atoms with Crippen molar-refractivity contribution in [2.24, 2.45) is 0 Å². The summed E-state index contributed by atoms with van der Waals surface area (Å²) in [5.41, 5.74) is 7.06. The van der Waals surface area contributed by atoms with Gasteiger partial charge in [-0.3, -0.25) is 0 Å². The Balaban J connectivity index is 2.36. The van der Waals surface area contributed by atoms with E-state index >= 15 is 0 Å². The number of hydrogen-bond acceptors (Lipinski definition) is 4. The normalized spacial score (nSPS) is 10.4. The fourth-order valence-electron chi connectivity index (χ4n) is 1.39. The third-order valence-corrected chi connectivity index (χ3v) is 3.24. The maximum absolute atomic E-state index is 13.5. The second kappa shape index (κ2) is 5.19. The molecule has 0 radical (unpaired) electrons. The summed E-state index contributed by atoms with van der Waals surface area (Å²) in [7, 11) is 0. The first kappa shape index (κ1) is 13.2. The van der Waals surface area contributed by atoms with Crippen molar-refractivity contribution >= 4 is 49.3 Å². The van der Waals surface area contributed by atoms with Gasteiger partial charge in [0.25, 0.3) is 0 Å². The van der Waals surface area contributed by atoms with Gasteiger partial charge in [-0.1, -0.05) is 0 Å². The smallest absolute Gasteiger partial charge is 0.230 e. The molecule has 94 valence electrons. The standard InChI is InChI=1S/C11H9Br2FN4/c1-5-2-6(12)7(14)3-8(5)16-11-17-9(13)4-10(15)18-11/h2-4H,1H3,(H3,15,16,17,18). The molecule has 0 saturated heterocycles. The molecule has 1 heterocycles. The Kier molecular flexibility index (Phi) is 3.82. The molecule has 0 unspecified atom stereocenters. The van der Waals surface area contributed by atoms with Gasteiger partial charge in [-0.05, 0) is 56.5 Å². The molecular formula is C11H9Br2FN4. The summed E-state index contributed by atoms with van der Waals surface area (Å²) in [5.74, 6) is 0.285. The Hall–Kier alpha value is -1.21. The third kappa shape index (κ3) is 2.97. The van der Waals surface area contributed by atoms with Crippen LogP contribution in [-0.4, -0.2) is 9.97 Å². The minimum absolute atomic E-state index is 0.312. The number of rotatable bonds is 2. The summed E-state index contributed by atoms with van der Waals surface area (Å²) in [6, 6.07) is 4.64. The molecule has 0 atom stereocenters. The second-order valence-electron chi connectivity index (χ2n) is 3.65. The number of benzene rings is 1. The first-order valence-electron chi connectivity index (χ1n) is 4.98. The van der Waals surface area contributed by atoms with Crippen molar-refractivity contribution in [3.05, 3.63) is 38.7 Å². The van der Waals surface area contributed by atoms with E-state index < -0.39 is 0 Å². The van der Waals surface area contributed by atoms with Crippen LogP contribution >= 0.6 is 31.9 Å². The van der Waals surface area contributed by atoms with Gasteiger partial charge in [-0.25, -0.2) is 9.37 Å². The topological polar surface area (TPSA) is 63.8 Å². The molecule has 2 aromatic rings. The van der Waals surface area contributed by atoms with Crippen molar-refractivity contribution in [2.45, 2.75) is 6.92 Å². The first-order chi connectivity index (χ1) is 8.45. The van der Waals surface area contributed by atoms with E-state index in [0.717, 1.165) is 5.56 Å². The Morgan fingerprint density at radius 2 is 1.94 bits per heavy atom. The van der Waals surface area contributed by atoms with Gasteiger partial charge >= 0.3 is 0 Å². The maximum Gasteiger partial charge on any atom is 0.230 e. The van der Waals surface area contributed by atoms with Crippen molar-refractivity contribution in [1.82, 2.24) is 9.97 Å². The van der Waals surface area contributed by atoms with Crippen molar-refractivity contribution < 1.29 is 4.39 Å². The van der Waals surface area contributed by atoms with Gasteiger partial charge in [-0.15, -0.1) is 0 Å². The zero-order valence-electron chi connectivity index (χ0n) is 9.34. The average Bonchev–Trinajstić information content (AvgIpc) is 2.24. The molecule has 1 aromatic carbocycles. The van der Waals surface area contributed by atoms with Gasteiger partial charge in [0.15, 0.2) is 0 Å². The van der Waals surface area contributed by atoms with Gasteiger partial charge in [-0.2, -0.15) is 4.98 Å². The molecule has 0 fully saturated rings. The highest BCUT2D eigenvalue weighted by atomic mass is 79.9. The summed E-state index contributed by atoms with van der Waals surface area (Å²) < 4.78 is 14.4. The van der Waals surface area contributed by atoms with Crippen molar-refractivity contribution in [3.8, 4) is 0 Å². The van der Waals surface area contributed by atoms with Crippen LogP contribution in [0.4, 0.5) is 21.8 Å². The van der Waals surface area contributed by atoms with E-state index in [4.69, 9.17) is 5.73 Å². The van der Waals surface area contributed by atoms with Gasteiger partial charge in [0.2, 0.25) is 5.95 Å². The van der Waals surface area contributed by atoms with Crippen LogP contribution in [-0.2, 0) is 0 Å². The molecule has 1 aromatic heterocycles. The van der Waals surface area contributed by atoms with E-state index in [0.29, 0.717) is 26.5 Å². The van der Waals surface area contributed by atoms with Gasteiger partial charge in [0.05, 0.1) is 4.47 Å². The zero-order chi connectivity index (χ0) is 13.3. The molecule has 4 nitrogen and oxygen atoms in total. The lowest BCUT2D eigenvalue weighted by Gasteiger charge is -2.09. The lowest BCUT2D eigenvalue weighted by Crippen LogP contribution is -2.02. The average molecular weight is 376 g/mol. The molecule has 3 N–H and O–H groups in total. The fraction of sp³-hybridized carbons (Fsp3) is 0.0909. The Bertz CT molecular complexity index is 584. The number of aromatic nitrogens is 2. The van der Waals surface area contributed by atoms with Crippen LogP contribution in [0.3, 0.4) is 0 Å². The SMILES string of the molecule is Cc1cc(Br)c(F)cc1Nc1nc(N)cc(Br)n1. The minimum atomic E-state index is -0.355. The number of aryl methyl sites for hydroxylation is 1. The van der Waals surface area contributed by atoms with Crippen LogP contribution in [0.15, 0.2) is 27.3 Å². The highest BCUT2D eigenvalue weighted by molar-refractivity contribution is 9.10. The van der Waals surface area contributed by atoms with E-state index in [1.54, 1.807) is 12.1 Å². The lowest BCUT2D eigenvalue weighted by molar-refractivity contribution is 0.621. The molecule has 0 spiro atoms. The first-order valence-corrected chi connectivity index (χ1v) is 6.57. The number of nitrogen functional groups attached to an aromatic ring is 1. The summed E-state index contributed by atoms with van der Waals surface area (Å²) in [6.07, 6.45) is 0. The van der Waals surface area contributed by atoms with Crippen LogP contribution in [0, 0.1) is 12.7 Å². The molecule has 0 aliphatic heterocycles. The predicted molar refractivity (Wildman–Crippen MR) is 76.3 cm³/mol. The van der Waals surface area contributed by atoms with Crippen LogP contribution < -0.4 is 11.1 Å². The molecule has 0 aliphatic carbocycles. The summed E-state index contributed by atoms with van der Waals surface area (Å²) in [6.45, 7) is 1.86. The highest BCUT2D eigenvalue weighted by Gasteiger charge is 2.07. The van der Waals surface area contributed by atoms with Crippen molar-refractivity contribution in [3.63, 3.8) is 0 Å². The molecule has 0 aliphatic rings. The molecule has 0 bridgehead atoms. The second-order valence-corrected chi connectivity index (χ2v) is 5.31. The number of hydrogen-bond donors (Lipinski definition) is 2. The molecule has 7 heteroatoms. The summed E-state index contributed by atoms with van der Waals surface area (Å²) in [4.78, 5) is 8.12. The Morgan fingerprint density at radius 3 is 2.61 bits per heavy atom. The summed E-state index contributed by atoms with van der Waals surface area (Å²) >= 11 is 6.35. The minimum Gasteiger partial charge on any atom is -0.383 e. The summed E-state index contributed by atoms with van der Waals surface area (Å²) in [5, 5.41) is 2.93. The third-order valence-electron chi connectivity index (χ3n) is 2.23. The monoisotopic (exact) mass is 374 g/mol. The molecule has 0 amide bonds. The molecule has 2 rings (SSSR count). The Labute approximate surface area is 120 Å². The van der Waals surface area contributed by atoms with Crippen LogP contribution in [0.1, 0.15) is 5.56 Å². The Morgan fingerprint density at radius 1 is 1.22 bits per heavy atom. The van der Waals surface area contributed by atoms with Crippen LogP contribution in [0.5, 0.6) is 0 Å². The van der Waals surface area contributed by atoms with Crippen molar-refractivity contribution in [1.29, 1.82) is 0 Å². The zero-order valence-corrected chi connectivity index (χ0v) is 12.5. The van der Waals surface area contributed by atoms with E-state index in [-0.39, 0.29) is 5.82 Å². The number of nitrogens with two attached hydrogens (primary N) is 1. The number of anilines is 3. The molecule has 0 saturated carbocycles. The van der Waals surface area contributed by atoms with E-state index in [2.05, 4.69) is 47.1 Å². The quantitative estimate of drug-likeness (QED) is 0.784. The molecule has 18 heavy (non-hydrogen) atoms. The van der Waals surface area contributed by atoms with Gasteiger partial charge in [0.1, 0.15) is 16.2 Å². The van der Waals surface area contributed by atoms with E-state index in [9.17, 15) is 4.39 Å². The number of halogens is 3. The predicted octanol–water partition coefficient (Wildman–Crippen LogP) is 3.77.